The van der Waals surface area contributed by atoms with Crippen molar-refractivity contribution in [1.29, 1.82) is 0 Å². The second-order valence-electron chi connectivity index (χ2n) is 14.7. The van der Waals surface area contributed by atoms with Gasteiger partial charge in [-0.25, -0.2) is 9.97 Å². The molecule has 266 valence electrons. The van der Waals surface area contributed by atoms with E-state index in [1.807, 2.05) is 0 Å². The van der Waals surface area contributed by atoms with Gasteiger partial charge in [0.15, 0.2) is 0 Å². The van der Waals surface area contributed by atoms with Crippen LogP contribution in [-0.2, 0) is 0 Å². The van der Waals surface area contributed by atoms with Crippen molar-refractivity contribution in [2.24, 2.45) is 0 Å². The SMILES string of the molecule is c1ccc(-c2ccc(-c3nc(-n4c5cc6c(ccn6-c6ccccc6)cc5c5cc6c7ccccc7n(-c7ccccc7)c6cc54)nc4ccccc34)cc2)cc1. The lowest BCUT2D eigenvalue weighted by Gasteiger charge is -2.13. The summed E-state index contributed by atoms with van der Waals surface area (Å²) in [6.07, 6.45) is 2.17. The average Bonchev–Trinajstić information content (AvgIpc) is 3.94. The summed E-state index contributed by atoms with van der Waals surface area (Å²) in [5.41, 5.74) is 13.0. The van der Waals surface area contributed by atoms with Crippen LogP contribution in [0.5, 0.6) is 0 Å². The largest absolute Gasteiger partial charge is 0.316 e. The molecule has 0 atom stereocenters. The van der Waals surface area contributed by atoms with Crippen LogP contribution in [0.15, 0.2) is 200 Å². The van der Waals surface area contributed by atoms with Gasteiger partial charge in [0.2, 0.25) is 5.95 Å². The summed E-state index contributed by atoms with van der Waals surface area (Å²) in [6, 6.07) is 69.1. The highest BCUT2D eigenvalue weighted by molar-refractivity contribution is 6.20. The van der Waals surface area contributed by atoms with E-state index in [-0.39, 0.29) is 0 Å². The number of fused-ring (bicyclic) bond motifs is 8. The average molecular weight is 728 g/mol. The second kappa shape index (κ2) is 12.4. The van der Waals surface area contributed by atoms with Crippen LogP contribution in [0.25, 0.3) is 105 Å². The molecule has 0 radical (unpaired) electrons. The fourth-order valence-electron chi connectivity index (χ4n) is 8.83. The van der Waals surface area contributed by atoms with E-state index in [0.717, 1.165) is 66.4 Å². The van der Waals surface area contributed by atoms with Crippen LogP contribution >= 0.6 is 0 Å². The number of aromatic nitrogens is 5. The molecule has 4 heterocycles. The zero-order chi connectivity index (χ0) is 37.5. The normalized spacial score (nSPS) is 11.9. The van der Waals surface area contributed by atoms with Gasteiger partial charge < -0.3 is 9.13 Å². The van der Waals surface area contributed by atoms with E-state index in [1.165, 1.54) is 32.8 Å². The molecule has 5 heteroatoms. The summed E-state index contributed by atoms with van der Waals surface area (Å²) >= 11 is 0. The summed E-state index contributed by atoms with van der Waals surface area (Å²) in [4.78, 5) is 10.9. The lowest BCUT2D eigenvalue weighted by molar-refractivity contribution is 1.01. The highest BCUT2D eigenvalue weighted by atomic mass is 15.2. The molecule has 12 rings (SSSR count). The fraction of sp³-hybridized carbons (Fsp3) is 0. The molecule has 0 bridgehead atoms. The standard InChI is InChI=1S/C52H33N5/c1-4-14-34(15-5-1)35-24-26-36(27-25-35)51-41-21-10-12-22-45(41)53-52(54-51)57-49-32-47-37(28-29-55(47)38-16-6-2-7-17-38)30-42(49)44-31-43-40-20-11-13-23-46(40)56(48(43)33-50(44)57)39-18-8-3-9-19-39/h1-33H. The Hall–Kier alpha value is -7.76. The third kappa shape index (κ3) is 4.89. The van der Waals surface area contributed by atoms with Crippen molar-refractivity contribution in [3.8, 4) is 39.7 Å². The van der Waals surface area contributed by atoms with E-state index in [2.05, 4.69) is 214 Å². The molecule has 0 aliphatic rings. The molecular formula is C52H33N5. The lowest BCUT2D eigenvalue weighted by atomic mass is 10.0. The number of nitrogens with zero attached hydrogens (tertiary/aromatic N) is 5. The van der Waals surface area contributed by atoms with Gasteiger partial charge in [0, 0.05) is 55.5 Å². The Labute approximate surface area is 328 Å². The molecule has 0 aliphatic carbocycles. The summed E-state index contributed by atoms with van der Waals surface area (Å²) in [5, 5.41) is 6.94. The molecule has 57 heavy (non-hydrogen) atoms. The molecule has 12 aromatic rings. The Morgan fingerprint density at radius 3 is 1.67 bits per heavy atom. The van der Waals surface area contributed by atoms with Crippen molar-refractivity contribution in [2.45, 2.75) is 0 Å². The minimum Gasteiger partial charge on any atom is -0.316 e. The van der Waals surface area contributed by atoms with E-state index in [9.17, 15) is 0 Å². The van der Waals surface area contributed by atoms with Gasteiger partial charge >= 0.3 is 0 Å². The van der Waals surface area contributed by atoms with Crippen LogP contribution < -0.4 is 0 Å². The molecule has 8 aromatic carbocycles. The molecule has 5 nitrogen and oxygen atoms in total. The lowest BCUT2D eigenvalue weighted by Crippen LogP contribution is -2.04. The molecule has 0 amide bonds. The van der Waals surface area contributed by atoms with E-state index >= 15 is 0 Å². The van der Waals surface area contributed by atoms with Gasteiger partial charge in [-0.1, -0.05) is 127 Å². The van der Waals surface area contributed by atoms with Crippen LogP contribution in [-0.4, -0.2) is 23.7 Å². The Kier molecular flexibility index (Phi) is 6.86. The Balaban J connectivity index is 1.19. The van der Waals surface area contributed by atoms with E-state index in [0.29, 0.717) is 5.95 Å². The molecule has 0 saturated heterocycles. The monoisotopic (exact) mass is 727 g/mol. The van der Waals surface area contributed by atoms with Crippen molar-refractivity contribution in [3.63, 3.8) is 0 Å². The van der Waals surface area contributed by atoms with Crippen LogP contribution in [0.1, 0.15) is 0 Å². The van der Waals surface area contributed by atoms with Crippen LogP contribution in [0.2, 0.25) is 0 Å². The van der Waals surface area contributed by atoms with Gasteiger partial charge in [0.1, 0.15) is 0 Å². The van der Waals surface area contributed by atoms with Crippen molar-refractivity contribution >= 4 is 65.4 Å². The maximum absolute atomic E-state index is 5.51. The van der Waals surface area contributed by atoms with Gasteiger partial charge in [-0.15, -0.1) is 0 Å². The van der Waals surface area contributed by atoms with Gasteiger partial charge in [-0.3, -0.25) is 4.57 Å². The topological polar surface area (TPSA) is 40.6 Å². The van der Waals surface area contributed by atoms with Gasteiger partial charge in [-0.05, 0) is 77.9 Å². The fourth-order valence-corrected chi connectivity index (χ4v) is 8.83. The highest BCUT2D eigenvalue weighted by Crippen LogP contribution is 2.41. The Bertz CT molecular complexity index is 3490. The number of para-hydroxylation sites is 4. The van der Waals surface area contributed by atoms with Crippen molar-refractivity contribution in [2.75, 3.05) is 0 Å². The number of hydrogen-bond donors (Lipinski definition) is 0. The van der Waals surface area contributed by atoms with Crippen LogP contribution in [0.4, 0.5) is 0 Å². The van der Waals surface area contributed by atoms with Gasteiger partial charge in [-0.2, -0.15) is 0 Å². The summed E-state index contributed by atoms with van der Waals surface area (Å²) < 4.78 is 6.94. The minimum atomic E-state index is 0.634. The molecule has 0 spiro atoms. The summed E-state index contributed by atoms with van der Waals surface area (Å²) in [7, 11) is 0. The maximum Gasteiger partial charge on any atom is 0.235 e. The third-order valence-corrected chi connectivity index (χ3v) is 11.5. The minimum absolute atomic E-state index is 0.634. The van der Waals surface area contributed by atoms with Crippen molar-refractivity contribution < 1.29 is 0 Å². The summed E-state index contributed by atoms with van der Waals surface area (Å²) in [6.45, 7) is 0. The first-order chi connectivity index (χ1) is 28.3. The quantitative estimate of drug-likeness (QED) is 0.177. The van der Waals surface area contributed by atoms with Gasteiger partial charge in [0.05, 0.1) is 38.8 Å². The van der Waals surface area contributed by atoms with Crippen LogP contribution in [0.3, 0.4) is 0 Å². The van der Waals surface area contributed by atoms with Crippen molar-refractivity contribution in [1.82, 2.24) is 23.7 Å². The maximum atomic E-state index is 5.51. The summed E-state index contributed by atoms with van der Waals surface area (Å²) in [5.74, 6) is 0.634. The number of benzene rings is 8. The predicted molar refractivity (Wildman–Crippen MR) is 236 cm³/mol. The van der Waals surface area contributed by atoms with E-state index in [1.54, 1.807) is 0 Å². The molecule has 0 aliphatic heterocycles. The molecule has 4 aromatic heterocycles. The van der Waals surface area contributed by atoms with Crippen LogP contribution in [0, 0.1) is 0 Å². The first kappa shape index (κ1) is 31.6. The van der Waals surface area contributed by atoms with E-state index in [4.69, 9.17) is 9.97 Å². The molecule has 0 saturated carbocycles. The third-order valence-electron chi connectivity index (χ3n) is 11.5. The molecular weight excluding hydrogens is 695 g/mol. The first-order valence-electron chi connectivity index (χ1n) is 19.3. The molecule has 0 unspecified atom stereocenters. The Morgan fingerprint density at radius 1 is 0.333 bits per heavy atom. The first-order valence-corrected chi connectivity index (χ1v) is 19.3. The molecule has 0 fully saturated rings. The highest BCUT2D eigenvalue weighted by Gasteiger charge is 2.22. The zero-order valence-corrected chi connectivity index (χ0v) is 30.8. The predicted octanol–water partition coefficient (Wildman–Crippen LogP) is 13.1. The number of rotatable bonds is 5. The zero-order valence-electron chi connectivity index (χ0n) is 30.8. The smallest absolute Gasteiger partial charge is 0.235 e. The van der Waals surface area contributed by atoms with E-state index < -0.39 is 0 Å². The van der Waals surface area contributed by atoms with Gasteiger partial charge in [0.25, 0.3) is 0 Å². The van der Waals surface area contributed by atoms with Crippen molar-refractivity contribution in [3.05, 3.63) is 200 Å². The number of hydrogen-bond acceptors (Lipinski definition) is 2. The molecule has 0 N–H and O–H groups in total. The Morgan fingerprint density at radius 2 is 0.895 bits per heavy atom. The second-order valence-corrected chi connectivity index (χ2v) is 14.7.